The van der Waals surface area contributed by atoms with Crippen molar-refractivity contribution in [2.75, 3.05) is 0 Å². The van der Waals surface area contributed by atoms with Crippen LogP contribution in [0.4, 0.5) is 0 Å². The first kappa shape index (κ1) is 18.4. The predicted molar refractivity (Wildman–Crippen MR) is 109 cm³/mol. The quantitative estimate of drug-likeness (QED) is 0.511. The lowest BCUT2D eigenvalue weighted by Crippen LogP contribution is -2.27. The number of pyridine rings is 1. The summed E-state index contributed by atoms with van der Waals surface area (Å²) >= 11 is 0. The lowest BCUT2D eigenvalue weighted by molar-refractivity contribution is 0.0947. The van der Waals surface area contributed by atoms with Crippen LogP contribution >= 0.6 is 0 Å². The number of nitrogens with one attached hydrogen (secondary N) is 1. The molecule has 1 N–H and O–H groups in total. The molecular weight excluding hydrogens is 368 g/mol. The Morgan fingerprint density at radius 1 is 1.00 bits per heavy atom. The molecule has 0 spiro atoms. The SMILES string of the molecule is O=C(NCc1cccc(OCc2ccccn2)c1)c1cc2ccccc2oc1=O. The molecule has 0 atom stereocenters. The van der Waals surface area contributed by atoms with Gasteiger partial charge in [0.05, 0.1) is 5.69 Å². The van der Waals surface area contributed by atoms with Crippen molar-refractivity contribution in [3.05, 3.63) is 106 Å². The van der Waals surface area contributed by atoms with Gasteiger partial charge in [-0.2, -0.15) is 0 Å². The number of hydrogen-bond donors (Lipinski definition) is 1. The zero-order valence-electron chi connectivity index (χ0n) is 15.5. The maximum Gasteiger partial charge on any atom is 0.349 e. The van der Waals surface area contributed by atoms with Gasteiger partial charge in [0, 0.05) is 18.1 Å². The van der Waals surface area contributed by atoms with Gasteiger partial charge in [-0.05, 0) is 42.0 Å². The average Bonchev–Trinajstić information content (AvgIpc) is 2.76. The number of carbonyl (C=O) groups is 1. The van der Waals surface area contributed by atoms with Gasteiger partial charge in [0.2, 0.25) is 0 Å². The highest BCUT2D eigenvalue weighted by Gasteiger charge is 2.13. The Labute approximate surface area is 166 Å². The van der Waals surface area contributed by atoms with Crippen LogP contribution in [0.15, 0.2) is 88.2 Å². The third-order valence-corrected chi connectivity index (χ3v) is 4.35. The smallest absolute Gasteiger partial charge is 0.349 e. The van der Waals surface area contributed by atoms with Crippen molar-refractivity contribution >= 4 is 16.9 Å². The topological polar surface area (TPSA) is 81.4 Å². The van der Waals surface area contributed by atoms with Crippen LogP contribution in [0.1, 0.15) is 21.6 Å². The normalized spacial score (nSPS) is 10.6. The molecule has 0 fully saturated rings. The molecule has 29 heavy (non-hydrogen) atoms. The molecule has 0 unspecified atom stereocenters. The van der Waals surface area contributed by atoms with Crippen LogP contribution in [0.5, 0.6) is 5.75 Å². The fourth-order valence-electron chi connectivity index (χ4n) is 2.88. The molecule has 0 saturated carbocycles. The molecule has 144 valence electrons. The van der Waals surface area contributed by atoms with E-state index in [9.17, 15) is 9.59 Å². The van der Waals surface area contributed by atoms with E-state index >= 15 is 0 Å². The summed E-state index contributed by atoms with van der Waals surface area (Å²) < 4.78 is 11.0. The van der Waals surface area contributed by atoms with Gasteiger partial charge in [-0.15, -0.1) is 0 Å². The molecule has 0 saturated heterocycles. The maximum absolute atomic E-state index is 12.5. The summed E-state index contributed by atoms with van der Waals surface area (Å²) in [4.78, 5) is 28.8. The van der Waals surface area contributed by atoms with Gasteiger partial charge in [-0.25, -0.2) is 4.79 Å². The first-order valence-electron chi connectivity index (χ1n) is 9.12. The summed E-state index contributed by atoms with van der Waals surface area (Å²) in [5, 5.41) is 3.45. The van der Waals surface area contributed by atoms with Crippen LogP contribution < -0.4 is 15.7 Å². The fraction of sp³-hybridized carbons (Fsp3) is 0.0870. The Morgan fingerprint density at radius 3 is 2.72 bits per heavy atom. The van der Waals surface area contributed by atoms with Gasteiger partial charge in [-0.1, -0.05) is 36.4 Å². The number of carbonyl (C=O) groups excluding carboxylic acids is 1. The highest BCUT2D eigenvalue weighted by molar-refractivity contribution is 5.96. The van der Waals surface area contributed by atoms with Gasteiger partial charge >= 0.3 is 5.63 Å². The number of benzene rings is 2. The maximum atomic E-state index is 12.5. The zero-order valence-corrected chi connectivity index (χ0v) is 15.5. The number of aromatic nitrogens is 1. The molecular formula is C23H18N2O4. The molecule has 6 heteroatoms. The third-order valence-electron chi connectivity index (χ3n) is 4.35. The summed E-state index contributed by atoms with van der Waals surface area (Å²) in [6.07, 6.45) is 1.72. The molecule has 1 amide bonds. The molecule has 0 aliphatic carbocycles. The number of amides is 1. The van der Waals surface area contributed by atoms with Crippen LogP contribution in [0.2, 0.25) is 0 Å². The molecule has 4 aromatic rings. The van der Waals surface area contributed by atoms with Crippen molar-refractivity contribution in [2.45, 2.75) is 13.2 Å². The summed E-state index contributed by atoms with van der Waals surface area (Å²) in [6, 6.07) is 21.7. The van der Waals surface area contributed by atoms with Crippen LogP contribution in [0, 0.1) is 0 Å². The van der Waals surface area contributed by atoms with E-state index in [1.54, 1.807) is 30.5 Å². The number of ether oxygens (including phenoxy) is 1. The monoisotopic (exact) mass is 386 g/mol. The van der Waals surface area contributed by atoms with E-state index in [4.69, 9.17) is 9.15 Å². The zero-order chi connectivity index (χ0) is 20.1. The van der Waals surface area contributed by atoms with E-state index in [0.29, 0.717) is 23.3 Å². The number of fused-ring (bicyclic) bond motifs is 1. The van der Waals surface area contributed by atoms with E-state index in [1.165, 1.54) is 0 Å². The Morgan fingerprint density at radius 2 is 1.86 bits per heavy atom. The minimum Gasteiger partial charge on any atom is -0.487 e. The molecule has 6 nitrogen and oxygen atoms in total. The highest BCUT2D eigenvalue weighted by Crippen LogP contribution is 2.15. The van der Waals surface area contributed by atoms with Crippen LogP contribution in [0.25, 0.3) is 11.0 Å². The second kappa shape index (κ2) is 8.39. The van der Waals surface area contributed by atoms with Gasteiger partial charge in [-0.3, -0.25) is 9.78 Å². The average molecular weight is 386 g/mol. The van der Waals surface area contributed by atoms with E-state index in [0.717, 1.165) is 11.3 Å². The van der Waals surface area contributed by atoms with E-state index in [-0.39, 0.29) is 12.1 Å². The highest BCUT2D eigenvalue weighted by atomic mass is 16.5. The lowest BCUT2D eigenvalue weighted by Gasteiger charge is -2.09. The van der Waals surface area contributed by atoms with Gasteiger partial charge in [0.1, 0.15) is 23.5 Å². The molecule has 2 aromatic heterocycles. The molecule has 0 bridgehead atoms. The molecule has 0 radical (unpaired) electrons. The Hall–Kier alpha value is -3.93. The fourth-order valence-corrected chi connectivity index (χ4v) is 2.88. The molecule has 0 aliphatic heterocycles. The van der Waals surface area contributed by atoms with E-state index in [2.05, 4.69) is 10.3 Å². The Kier molecular flexibility index (Phi) is 5.33. The third kappa shape index (κ3) is 4.50. The number of rotatable bonds is 6. The van der Waals surface area contributed by atoms with Crippen molar-refractivity contribution in [3.8, 4) is 5.75 Å². The summed E-state index contributed by atoms with van der Waals surface area (Å²) in [5.41, 5.74) is 1.45. The first-order valence-corrected chi connectivity index (χ1v) is 9.12. The van der Waals surface area contributed by atoms with Crippen molar-refractivity contribution in [1.82, 2.24) is 10.3 Å². The summed E-state index contributed by atoms with van der Waals surface area (Å²) in [5.74, 6) is 0.192. The number of nitrogens with zero attached hydrogens (tertiary/aromatic N) is 1. The second-order valence-electron chi connectivity index (χ2n) is 6.43. The molecule has 0 aliphatic rings. The minimum atomic E-state index is -0.659. The van der Waals surface area contributed by atoms with E-state index < -0.39 is 11.5 Å². The molecule has 4 rings (SSSR count). The largest absolute Gasteiger partial charge is 0.487 e. The minimum absolute atomic E-state index is 0.0220. The lowest BCUT2D eigenvalue weighted by atomic mass is 10.1. The number of para-hydroxylation sites is 1. The Bertz CT molecular complexity index is 1200. The van der Waals surface area contributed by atoms with Crippen molar-refractivity contribution in [1.29, 1.82) is 0 Å². The van der Waals surface area contributed by atoms with Gasteiger partial charge in [0.25, 0.3) is 5.91 Å². The Balaban J connectivity index is 1.42. The second-order valence-corrected chi connectivity index (χ2v) is 6.43. The van der Waals surface area contributed by atoms with Crippen molar-refractivity contribution < 1.29 is 13.9 Å². The van der Waals surface area contributed by atoms with Gasteiger partial charge < -0.3 is 14.5 Å². The predicted octanol–water partition coefficient (Wildman–Crippen LogP) is 3.70. The standard InChI is InChI=1S/C23H18N2O4/c26-22(20-13-17-7-1-2-10-21(17)29-23(20)27)25-14-16-6-5-9-19(12-16)28-15-18-8-3-4-11-24-18/h1-13H,14-15H2,(H,25,26). The summed E-state index contributed by atoms with van der Waals surface area (Å²) in [6.45, 7) is 0.612. The van der Waals surface area contributed by atoms with Crippen molar-refractivity contribution in [3.63, 3.8) is 0 Å². The molecule has 2 aromatic carbocycles. The van der Waals surface area contributed by atoms with Gasteiger partial charge in [0.15, 0.2) is 0 Å². The van der Waals surface area contributed by atoms with Crippen LogP contribution in [-0.4, -0.2) is 10.9 Å². The molecule has 2 heterocycles. The van der Waals surface area contributed by atoms with Crippen LogP contribution in [-0.2, 0) is 13.2 Å². The number of hydrogen-bond acceptors (Lipinski definition) is 5. The van der Waals surface area contributed by atoms with E-state index in [1.807, 2.05) is 48.5 Å². The van der Waals surface area contributed by atoms with Crippen molar-refractivity contribution in [2.24, 2.45) is 0 Å². The first-order chi connectivity index (χ1) is 14.2. The summed E-state index contributed by atoms with van der Waals surface area (Å²) in [7, 11) is 0. The van der Waals surface area contributed by atoms with Crippen LogP contribution in [0.3, 0.4) is 0 Å².